The maximum Gasteiger partial charge on any atom is 0.130 e. The summed E-state index contributed by atoms with van der Waals surface area (Å²) in [6, 6.07) is 18.0. The van der Waals surface area contributed by atoms with E-state index in [0.29, 0.717) is 0 Å². The Labute approximate surface area is 102 Å². The lowest BCUT2D eigenvalue weighted by Gasteiger charge is -2.09. The van der Waals surface area contributed by atoms with Crippen LogP contribution >= 0.6 is 0 Å². The summed E-state index contributed by atoms with van der Waals surface area (Å²) in [5, 5.41) is 0. The summed E-state index contributed by atoms with van der Waals surface area (Å²) in [4.78, 5) is 0. The van der Waals surface area contributed by atoms with Crippen LogP contribution in [0.4, 0.5) is 0 Å². The van der Waals surface area contributed by atoms with Crippen molar-refractivity contribution in [1.29, 1.82) is 0 Å². The maximum absolute atomic E-state index is 5.87. The van der Waals surface area contributed by atoms with E-state index >= 15 is 0 Å². The quantitative estimate of drug-likeness (QED) is 0.690. The van der Waals surface area contributed by atoms with Gasteiger partial charge in [-0.3, -0.25) is 0 Å². The average molecular weight is 224 g/mol. The summed E-state index contributed by atoms with van der Waals surface area (Å²) in [5.74, 6) is 1.80. The van der Waals surface area contributed by atoms with Crippen LogP contribution in [0.2, 0.25) is 0 Å². The molecule has 0 fully saturated rings. The monoisotopic (exact) mass is 224 g/mol. The molecule has 0 aromatic heterocycles. The van der Waals surface area contributed by atoms with Gasteiger partial charge in [-0.2, -0.15) is 0 Å². The van der Waals surface area contributed by atoms with Crippen molar-refractivity contribution in [3.05, 3.63) is 72.3 Å². The third-order valence-corrected chi connectivity index (χ3v) is 2.52. The molecule has 0 aliphatic heterocycles. The van der Waals surface area contributed by atoms with Gasteiger partial charge in [-0.1, -0.05) is 48.6 Å². The summed E-state index contributed by atoms with van der Waals surface area (Å²) >= 11 is 0. The third-order valence-electron chi connectivity index (χ3n) is 2.52. The lowest BCUT2D eigenvalue weighted by Crippen LogP contribution is -1.90. The summed E-state index contributed by atoms with van der Waals surface area (Å²) in [7, 11) is 0. The van der Waals surface area contributed by atoms with Crippen molar-refractivity contribution >= 4 is 0 Å². The number of benzene rings is 2. The van der Waals surface area contributed by atoms with Crippen LogP contribution in [-0.4, -0.2) is 0 Å². The Morgan fingerprint density at radius 3 is 2.41 bits per heavy atom. The smallest absolute Gasteiger partial charge is 0.130 e. The predicted molar refractivity (Wildman–Crippen MR) is 71.5 cm³/mol. The summed E-state index contributed by atoms with van der Waals surface area (Å²) in [6.07, 6.45) is 5.09. The van der Waals surface area contributed by atoms with Crippen LogP contribution < -0.4 is 4.74 Å². The summed E-state index contributed by atoms with van der Waals surface area (Å²) in [5.41, 5.74) is 1.20. The van der Waals surface area contributed by atoms with Crippen LogP contribution in [0.25, 0.3) is 0 Å². The van der Waals surface area contributed by atoms with E-state index in [1.165, 1.54) is 5.56 Å². The van der Waals surface area contributed by atoms with E-state index in [1.54, 1.807) is 0 Å². The van der Waals surface area contributed by atoms with E-state index in [1.807, 2.05) is 55.5 Å². The molecule has 0 bridgehead atoms. The number of allylic oxidation sites excluding steroid dienone is 2. The highest BCUT2D eigenvalue weighted by molar-refractivity contribution is 5.38. The van der Waals surface area contributed by atoms with E-state index in [2.05, 4.69) is 18.2 Å². The van der Waals surface area contributed by atoms with Crippen LogP contribution in [0.1, 0.15) is 12.5 Å². The molecule has 0 N–H and O–H groups in total. The fraction of sp³-hybridized carbons (Fsp3) is 0.125. The Kier molecular flexibility index (Phi) is 3.98. The first kappa shape index (κ1) is 11.5. The fourth-order valence-corrected chi connectivity index (χ4v) is 1.63. The largest absolute Gasteiger partial charge is 0.457 e. The van der Waals surface area contributed by atoms with Crippen molar-refractivity contribution < 1.29 is 4.74 Å². The highest BCUT2D eigenvalue weighted by Gasteiger charge is 2.02. The molecule has 0 atom stereocenters. The Bertz CT molecular complexity index is 486. The lowest BCUT2D eigenvalue weighted by atomic mass is 10.1. The molecular weight excluding hydrogens is 208 g/mol. The molecule has 0 heterocycles. The number of rotatable bonds is 4. The van der Waals surface area contributed by atoms with Crippen molar-refractivity contribution in [3.63, 3.8) is 0 Å². The molecule has 1 heteroatoms. The highest BCUT2D eigenvalue weighted by Crippen LogP contribution is 2.25. The van der Waals surface area contributed by atoms with Crippen LogP contribution in [0.3, 0.4) is 0 Å². The molecule has 0 amide bonds. The van der Waals surface area contributed by atoms with Gasteiger partial charge in [0.1, 0.15) is 11.5 Å². The van der Waals surface area contributed by atoms with Gasteiger partial charge < -0.3 is 4.74 Å². The molecule has 0 aliphatic carbocycles. The molecule has 2 aromatic rings. The van der Waals surface area contributed by atoms with Crippen molar-refractivity contribution in [1.82, 2.24) is 0 Å². The number of para-hydroxylation sites is 2. The van der Waals surface area contributed by atoms with Gasteiger partial charge in [0.15, 0.2) is 0 Å². The van der Waals surface area contributed by atoms with E-state index in [9.17, 15) is 0 Å². The fourth-order valence-electron chi connectivity index (χ4n) is 1.63. The minimum Gasteiger partial charge on any atom is -0.457 e. The van der Waals surface area contributed by atoms with Gasteiger partial charge in [-0.15, -0.1) is 0 Å². The second kappa shape index (κ2) is 5.90. The number of ether oxygens (including phenoxy) is 1. The van der Waals surface area contributed by atoms with Crippen LogP contribution in [0.15, 0.2) is 66.7 Å². The Balaban J connectivity index is 2.20. The normalized spacial score (nSPS) is 10.6. The van der Waals surface area contributed by atoms with E-state index in [-0.39, 0.29) is 0 Å². The average Bonchev–Trinajstić information content (AvgIpc) is 2.39. The van der Waals surface area contributed by atoms with Crippen LogP contribution in [0.5, 0.6) is 11.5 Å². The second-order valence-electron chi connectivity index (χ2n) is 3.80. The van der Waals surface area contributed by atoms with E-state index in [0.717, 1.165) is 17.9 Å². The minimum absolute atomic E-state index is 0.875. The van der Waals surface area contributed by atoms with Gasteiger partial charge in [-0.25, -0.2) is 0 Å². The number of hydrogen-bond acceptors (Lipinski definition) is 1. The van der Waals surface area contributed by atoms with Gasteiger partial charge in [0.05, 0.1) is 0 Å². The van der Waals surface area contributed by atoms with Gasteiger partial charge in [-0.05, 0) is 37.1 Å². The Morgan fingerprint density at radius 1 is 0.941 bits per heavy atom. The topological polar surface area (TPSA) is 9.23 Å². The second-order valence-corrected chi connectivity index (χ2v) is 3.80. The standard InChI is InChI=1S/C16H16O/c1-2-3-9-14-10-7-8-13-16(14)17-15-11-5-4-6-12-15/h2-8,10-13H,9H2,1H3/b3-2+. The van der Waals surface area contributed by atoms with Gasteiger partial charge >= 0.3 is 0 Å². The molecule has 0 saturated carbocycles. The SMILES string of the molecule is C/C=C/Cc1ccccc1Oc1ccccc1. The summed E-state index contributed by atoms with van der Waals surface area (Å²) < 4.78 is 5.87. The molecule has 0 saturated heterocycles. The maximum atomic E-state index is 5.87. The van der Waals surface area contributed by atoms with E-state index < -0.39 is 0 Å². The highest BCUT2D eigenvalue weighted by atomic mass is 16.5. The van der Waals surface area contributed by atoms with Crippen molar-refractivity contribution in [2.45, 2.75) is 13.3 Å². The molecule has 0 aliphatic rings. The molecule has 2 aromatic carbocycles. The first-order valence-electron chi connectivity index (χ1n) is 5.82. The molecule has 2 rings (SSSR count). The zero-order valence-electron chi connectivity index (χ0n) is 9.97. The molecule has 0 unspecified atom stereocenters. The van der Waals surface area contributed by atoms with Crippen LogP contribution in [-0.2, 0) is 6.42 Å². The molecule has 1 nitrogen and oxygen atoms in total. The molecule has 0 spiro atoms. The van der Waals surface area contributed by atoms with Crippen molar-refractivity contribution in [2.75, 3.05) is 0 Å². The van der Waals surface area contributed by atoms with E-state index in [4.69, 9.17) is 4.74 Å². The zero-order valence-corrected chi connectivity index (χ0v) is 9.97. The van der Waals surface area contributed by atoms with Gasteiger partial charge in [0.25, 0.3) is 0 Å². The Hall–Kier alpha value is -2.02. The number of hydrogen-bond donors (Lipinski definition) is 0. The zero-order chi connectivity index (χ0) is 11.9. The molecule has 0 radical (unpaired) electrons. The Morgan fingerprint density at radius 2 is 1.65 bits per heavy atom. The van der Waals surface area contributed by atoms with Gasteiger partial charge in [0.2, 0.25) is 0 Å². The lowest BCUT2D eigenvalue weighted by molar-refractivity contribution is 0.477. The van der Waals surface area contributed by atoms with Crippen molar-refractivity contribution in [2.24, 2.45) is 0 Å². The predicted octanol–water partition coefficient (Wildman–Crippen LogP) is 4.60. The first-order valence-corrected chi connectivity index (χ1v) is 5.82. The first-order chi connectivity index (χ1) is 8.40. The van der Waals surface area contributed by atoms with Crippen LogP contribution in [0, 0.1) is 0 Å². The molecular formula is C16H16O. The van der Waals surface area contributed by atoms with Crippen molar-refractivity contribution in [3.8, 4) is 11.5 Å². The molecule has 17 heavy (non-hydrogen) atoms. The molecule has 86 valence electrons. The minimum atomic E-state index is 0.875. The third kappa shape index (κ3) is 3.22. The van der Waals surface area contributed by atoms with Gasteiger partial charge in [0, 0.05) is 0 Å². The summed E-state index contributed by atoms with van der Waals surface area (Å²) in [6.45, 7) is 2.03.